The summed E-state index contributed by atoms with van der Waals surface area (Å²) in [6, 6.07) is 3.93. The molecule has 2 rings (SSSR count). The molecular formula is C14H19F2NO2. The van der Waals surface area contributed by atoms with Crippen molar-refractivity contribution in [1.82, 2.24) is 5.32 Å². The molecule has 1 N–H and O–H groups in total. The summed E-state index contributed by atoms with van der Waals surface area (Å²) in [5.41, 5.74) is 0.326. The van der Waals surface area contributed by atoms with Crippen LogP contribution in [0.5, 0.6) is 0 Å². The fourth-order valence-corrected chi connectivity index (χ4v) is 2.16. The minimum absolute atomic E-state index is 0.307. The molecule has 1 unspecified atom stereocenters. The number of ether oxygens (including phenoxy) is 2. The SMILES string of the molecule is CCCNC(CC1OCCO1)c1cccc(F)c1F. The van der Waals surface area contributed by atoms with Crippen LogP contribution in [0, 0.1) is 11.6 Å². The Morgan fingerprint density at radius 1 is 1.32 bits per heavy atom. The van der Waals surface area contributed by atoms with E-state index in [1.165, 1.54) is 6.07 Å². The quantitative estimate of drug-likeness (QED) is 0.863. The molecule has 0 radical (unpaired) electrons. The largest absolute Gasteiger partial charge is 0.350 e. The normalized spacial score (nSPS) is 17.8. The van der Waals surface area contributed by atoms with Crippen LogP contribution in [0.15, 0.2) is 18.2 Å². The van der Waals surface area contributed by atoms with Gasteiger partial charge in [-0.25, -0.2) is 8.78 Å². The van der Waals surface area contributed by atoms with Crippen LogP contribution in [0.3, 0.4) is 0 Å². The van der Waals surface area contributed by atoms with Crippen molar-refractivity contribution in [2.45, 2.75) is 32.1 Å². The van der Waals surface area contributed by atoms with Crippen LogP contribution in [0.2, 0.25) is 0 Å². The molecule has 0 saturated carbocycles. The molecule has 19 heavy (non-hydrogen) atoms. The van der Waals surface area contributed by atoms with Crippen LogP contribution in [0.25, 0.3) is 0 Å². The van der Waals surface area contributed by atoms with Gasteiger partial charge in [0.05, 0.1) is 13.2 Å². The van der Waals surface area contributed by atoms with E-state index in [-0.39, 0.29) is 12.3 Å². The highest BCUT2D eigenvalue weighted by molar-refractivity contribution is 5.22. The van der Waals surface area contributed by atoms with Gasteiger partial charge in [-0.3, -0.25) is 0 Å². The van der Waals surface area contributed by atoms with Gasteiger partial charge in [0.2, 0.25) is 0 Å². The third-order valence-electron chi connectivity index (χ3n) is 3.12. The zero-order chi connectivity index (χ0) is 13.7. The Balaban J connectivity index is 2.13. The number of rotatable bonds is 6. The third kappa shape index (κ3) is 3.72. The van der Waals surface area contributed by atoms with Gasteiger partial charge in [-0.2, -0.15) is 0 Å². The topological polar surface area (TPSA) is 30.5 Å². The van der Waals surface area contributed by atoms with Crippen molar-refractivity contribution >= 4 is 0 Å². The number of nitrogens with one attached hydrogen (secondary N) is 1. The monoisotopic (exact) mass is 271 g/mol. The molecule has 106 valence electrons. The van der Waals surface area contributed by atoms with E-state index in [0.29, 0.717) is 25.2 Å². The van der Waals surface area contributed by atoms with Gasteiger partial charge in [0.25, 0.3) is 0 Å². The second kappa shape index (κ2) is 6.93. The lowest BCUT2D eigenvalue weighted by Crippen LogP contribution is -2.27. The second-order valence-electron chi connectivity index (χ2n) is 4.56. The van der Waals surface area contributed by atoms with Gasteiger partial charge in [0.1, 0.15) is 0 Å². The van der Waals surface area contributed by atoms with Crippen molar-refractivity contribution in [2.75, 3.05) is 19.8 Å². The van der Waals surface area contributed by atoms with Crippen molar-refractivity contribution in [1.29, 1.82) is 0 Å². The van der Waals surface area contributed by atoms with E-state index in [4.69, 9.17) is 9.47 Å². The van der Waals surface area contributed by atoms with Crippen LogP contribution < -0.4 is 5.32 Å². The first kappa shape index (κ1) is 14.4. The summed E-state index contributed by atoms with van der Waals surface area (Å²) in [7, 11) is 0. The van der Waals surface area contributed by atoms with Crippen LogP contribution in [0.1, 0.15) is 31.4 Å². The van der Waals surface area contributed by atoms with Crippen LogP contribution in [-0.4, -0.2) is 26.0 Å². The summed E-state index contributed by atoms with van der Waals surface area (Å²) < 4.78 is 37.9. The molecule has 0 aromatic heterocycles. The summed E-state index contributed by atoms with van der Waals surface area (Å²) in [5.74, 6) is -1.62. The van der Waals surface area contributed by atoms with Crippen LogP contribution in [0.4, 0.5) is 8.78 Å². The van der Waals surface area contributed by atoms with Gasteiger partial charge in [-0.15, -0.1) is 0 Å². The van der Waals surface area contributed by atoms with Gasteiger partial charge < -0.3 is 14.8 Å². The van der Waals surface area contributed by atoms with Gasteiger partial charge in [0.15, 0.2) is 17.9 Å². The lowest BCUT2D eigenvalue weighted by molar-refractivity contribution is -0.0532. The average molecular weight is 271 g/mol. The fourth-order valence-electron chi connectivity index (χ4n) is 2.16. The van der Waals surface area contributed by atoms with E-state index in [2.05, 4.69) is 5.32 Å². The molecule has 1 aromatic carbocycles. The van der Waals surface area contributed by atoms with Crippen LogP contribution >= 0.6 is 0 Å². The lowest BCUT2D eigenvalue weighted by atomic mass is 10.0. The zero-order valence-electron chi connectivity index (χ0n) is 11.0. The maximum Gasteiger partial charge on any atom is 0.163 e. The second-order valence-corrected chi connectivity index (χ2v) is 4.56. The Morgan fingerprint density at radius 2 is 2.05 bits per heavy atom. The molecule has 1 aliphatic heterocycles. The van der Waals surface area contributed by atoms with Crippen molar-refractivity contribution in [2.24, 2.45) is 0 Å². The molecule has 0 aliphatic carbocycles. The van der Waals surface area contributed by atoms with E-state index in [1.54, 1.807) is 6.07 Å². The Hall–Kier alpha value is -1.04. The maximum atomic E-state index is 13.9. The zero-order valence-corrected chi connectivity index (χ0v) is 11.0. The lowest BCUT2D eigenvalue weighted by Gasteiger charge is -2.22. The summed E-state index contributed by atoms with van der Waals surface area (Å²) in [6.07, 6.45) is 1.04. The summed E-state index contributed by atoms with van der Waals surface area (Å²) in [6.45, 7) is 3.86. The Kier molecular flexibility index (Phi) is 5.24. The maximum absolute atomic E-state index is 13.9. The van der Waals surface area contributed by atoms with Crippen LogP contribution in [-0.2, 0) is 9.47 Å². The van der Waals surface area contributed by atoms with E-state index in [1.807, 2.05) is 6.92 Å². The molecule has 5 heteroatoms. The van der Waals surface area contributed by atoms with Crippen molar-refractivity contribution in [3.63, 3.8) is 0 Å². The van der Waals surface area contributed by atoms with E-state index in [0.717, 1.165) is 19.0 Å². The third-order valence-corrected chi connectivity index (χ3v) is 3.12. The number of hydrogen-bond donors (Lipinski definition) is 1. The van der Waals surface area contributed by atoms with E-state index in [9.17, 15) is 8.78 Å². The number of halogens is 2. The van der Waals surface area contributed by atoms with Gasteiger partial charge in [0, 0.05) is 18.0 Å². The average Bonchev–Trinajstić information content (AvgIpc) is 2.91. The molecule has 1 heterocycles. The highest BCUT2D eigenvalue weighted by Gasteiger charge is 2.25. The predicted octanol–water partition coefficient (Wildman–Crippen LogP) is 2.77. The predicted molar refractivity (Wildman–Crippen MR) is 67.7 cm³/mol. The molecule has 1 aromatic rings. The molecule has 3 nitrogen and oxygen atoms in total. The van der Waals surface area contributed by atoms with Crippen molar-refractivity contribution in [3.05, 3.63) is 35.4 Å². The smallest absolute Gasteiger partial charge is 0.163 e. The standard InChI is InChI=1S/C14H19F2NO2/c1-2-6-17-12(9-13-18-7-8-19-13)10-4-3-5-11(15)14(10)16/h3-5,12-13,17H,2,6-9H2,1H3. The molecule has 0 bridgehead atoms. The van der Waals surface area contributed by atoms with E-state index >= 15 is 0 Å². The van der Waals surface area contributed by atoms with Gasteiger partial charge in [-0.1, -0.05) is 19.1 Å². The summed E-state index contributed by atoms with van der Waals surface area (Å²) >= 11 is 0. The van der Waals surface area contributed by atoms with E-state index < -0.39 is 11.6 Å². The highest BCUT2D eigenvalue weighted by Crippen LogP contribution is 2.25. The van der Waals surface area contributed by atoms with Gasteiger partial charge >= 0.3 is 0 Å². The highest BCUT2D eigenvalue weighted by atomic mass is 19.2. The first-order valence-electron chi connectivity index (χ1n) is 6.63. The molecule has 1 atom stereocenters. The first-order valence-corrected chi connectivity index (χ1v) is 6.63. The molecule has 1 fully saturated rings. The molecule has 1 aliphatic rings. The summed E-state index contributed by atoms with van der Waals surface area (Å²) in [4.78, 5) is 0. The fraction of sp³-hybridized carbons (Fsp3) is 0.571. The first-order chi connectivity index (χ1) is 9.22. The van der Waals surface area contributed by atoms with Crippen molar-refractivity contribution in [3.8, 4) is 0 Å². The van der Waals surface area contributed by atoms with Gasteiger partial charge in [-0.05, 0) is 19.0 Å². The molecular weight excluding hydrogens is 252 g/mol. The molecule has 0 spiro atoms. The Bertz CT molecular complexity index is 408. The Labute approximate surface area is 111 Å². The van der Waals surface area contributed by atoms with Crippen molar-refractivity contribution < 1.29 is 18.3 Å². The number of hydrogen-bond acceptors (Lipinski definition) is 3. The number of benzene rings is 1. The Morgan fingerprint density at radius 3 is 2.74 bits per heavy atom. The molecule has 0 amide bonds. The minimum atomic E-state index is -0.825. The minimum Gasteiger partial charge on any atom is -0.350 e. The summed E-state index contributed by atoms with van der Waals surface area (Å²) in [5, 5.41) is 3.21. The molecule has 1 saturated heterocycles.